The zero-order chi connectivity index (χ0) is 10.8. The minimum Gasteiger partial charge on any atom is -0.298 e. The smallest absolute Gasteiger partial charge is 0.150 e. The number of aldehydes is 1. The maximum Gasteiger partial charge on any atom is 0.150 e. The lowest BCUT2D eigenvalue weighted by Gasteiger charge is -2.05. The van der Waals surface area contributed by atoms with Crippen molar-refractivity contribution >= 4 is 11.9 Å². The summed E-state index contributed by atoms with van der Waals surface area (Å²) in [6.07, 6.45) is 4.08. The Hall–Kier alpha value is -1.63. The Bertz CT molecular complexity index is 464. The average molecular weight is 198 g/mol. The van der Waals surface area contributed by atoms with E-state index in [0.29, 0.717) is 0 Å². The molecule has 2 rings (SSSR count). The molecule has 0 unspecified atom stereocenters. The third kappa shape index (κ3) is 1.78. The molecule has 1 nitrogen and oxygen atoms in total. The molecular formula is C14H14O. The fourth-order valence-corrected chi connectivity index (χ4v) is 1.93. The van der Waals surface area contributed by atoms with Crippen LogP contribution in [0.5, 0.6) is 0 Å². The van der Waals surface area contributed by atoms with Crippen molar-refractivity contribution in [1.82, 2.24) is 0 Å². The van der Waals surface area contributed by atoms with Crippen LogP contribution in [0.3, 0.4) is 0 Å². The van der Waals surface area contributed by atoms with Gasteiger partial charge in [0.15, 0.2) is 6.29 Å². The molecule has 0 saturated carbocycles. The summed E-state index contributed by atoms with van der Waals surface area (Å²) in [6.45, 7) is 4.26. The van der Waals surface area contributed by atoms with Gasteiger partial charge in [-0.15, -0.1) is 0 Å². The van der Waals surface area contributed by atoms with Crippen LogP contribution in [0.4, 0.5) is 0 Å². The van der Waals surface area contributed by atoms with Gasteiger partial charge in [0.2, 0.25) is 0 Å². The number of hydrogen-bond acceptors (Lipinski definition) is 1. The van der Waals surface area contributed by atoms with E-state index in [9.17, 15) is 4.79 Å². The second-order valence-electron chi connectivity index (χ2n) is 4.01. The van der Waals surface area contributed by atoms with Crippen LogP contribution < -0.4 is 0 Å². The monoisotopic (exact) mass is 198 g/mol. The standard InChI is InChI=1S/C14H14O/c1-10-7-13(8-11(10)2)14-6-4-3-5-12(14)9-15/h3-7,9H,8H2,1-2H3. The number of hydrogen-bond donors (Lipinski definition) is 0. The molecule has 0 saturated heterocycles. The lowest BCUT2D eigenvalue weighted by Crippen LogP contribution is -1.90. The minimum atomic E-state index is 0.784. The molecule has 76 valence electrons. The fraction of sp³-hybridized carbons (Fsp3) is 0.214. The Labute approximate surface area is 90.1 Å². The van der Waals surface area contributed by atoms with Gasteiger partial charge in [0.25, 0.3) is 0 Å². The van der Waals surface area contributed by atoms with Crippen molar-refractivity contribution in [3.05, 3.63) is 52.6 Å². The van der Waals surface area contributed by atoms with E-state index in [1.54, 1.807) is 0 Å². The van der Waals surface area contributed by atoms with Gasteiger partial charge in [0.1, 0.15) is 0 Å². The first-order valence-electron chi connectivity index (χ1n) is 5.14. The second-order valence-corrected chi connectivity index (χ2v) is 4.01. The lowest BCUT2D eigenvalue weighted by atomic mass is 9.99. The van der Waals surface area contributed by atoms with Crippen molar-refractivity contribution in [2.24, 2.45) is 0 Å². The van der Waals surface area contributed by atoms with E-state index in [4.69, 9.17) is 0 Å². The molecular weight excluding hydrogens is 184 g/mol. The quantitative estimate of drug-likeness (QED) is 0.663. The number of rotatable bonds is 2. The van der Waals surface area contributed by atoms with E-state index < -0.39 is 0 Å². The summed E-state index contributed by atoms with van der Waals surface area (Å²) in [5.41, 5.74) is 5.83. The molecule has 1 aliphatic rings. The van der Waals surface area contributed by atoms with Gasteiger partial charge in [-0.2, -0.15) is 0 Å². The summed E-state index contributed by atoms with van der Waals surface area (Å²) in [5, 5.41) is 0. The molecule has 0 aliphatic heterocycles. The van der Waals surface area contributed by atoms with Gasteiger partial charge in [-0.05, 0) is 31.4 Å². The largest absolute Gasteiger partial charge is 0.298 e. The molecule has 0 aromatic heterocycles. The van der Waals surface area contributed by atoms with Gasteiger partial charge in [-0.3, -0.25) is 4.79 Å². The molecule has 0 heterocycles. The molecule has 1 aromatic carbocycles. The topological polar surface area (TPSA) is 17.1 Å². The number of carbonyl (C=O) groups excluding carboxylic acids is 1. The summed E-state index contributed by atoms with van der Waals surface area (Å²) >= 11 is 0. The van der Waals surface area contributed by atoms with Crippen LogP contribution >= 0.6 is 0 Å². The third-order valence-corrected chi connectivity index (χ3v) is 2.95. The molecule has 1 aliphatic carbocycles. The predicted octanol–water partition coefficient (Wildman–Crippen LogP) is 3.62. The highest BCUT2D eigenvalue weighted by Gasteiger charge is 2.13. The van der Waals surface area contributed by atoms with E-state index in [-0.39, 0.29) is 0 Å². The van der Waals surface area contributed by atoms with Crippen LogP contribution in [0.1, 0.15) is 36.2 Å². The van der Waals surface area contributed by atoms with E-state index in [1.807, 2.05) is 24.3 Å². The summed E-state index contributed by atoms with van der Waals surface area (Å²) < 4.78 is 0. The molecule has 0 bridgehead atoms. The maximum atomic E-state index is 10.9. The Morgan fingerprint density at radius 3 is 2.53 bits per heavy atom. The molecule has 1 aromatic rings. The molecule has 0 amide bonds. The summed E-state index contributed by atoms with van der Waals surface area (Å²) in [7, 11) is 0. The molecule has 0 radical (unpaired) electrons. The van der Waals surface area contributed by atoms with Gasteiger partial charge in [0.05, 0.1) is 0 Å². The molecule has 0 fully saturated rings. The van der Waals surface area contributed by atoms with Crippen LogP contribution in [0.15, 0.2) is 41.5 Å². The Morgan fingerprint density at radius 2 is 1.93 bits per heavy atom. The second kappa shape index (κ2) is 3.85. The van der Waals surface area contributed by atoms with Crippen molar-refractivity contribution in [2.45, 2.75) is 20.3 Å². The first-order chi connectivity index (χ1) is 7.22. The van der Waals surface area contributed by atoms with Gasteiger partial charge in [-0.25, -0.2) is 0 Å². The number of carbonyl (C=O) groups is 1. The minimum absolute atomic E-state index is 0.784. The molecule has 15 heavy (non-hydrogen) atoms. The maximum absolute atomic E-state index is 10.9. The van der Waals surface area contributed by atoms with E-state index in [1.165, 1.54) is 16.7 Å². The highest BCUT2D eigenvalue weighted by atomic mass is 16.1. The summed E-state index contributed by atoms with van der Waals surface area (Å²) in [4.78, 5) is 10.9. The van der Waals surface area contributed by atoms with Crippen LogP contribution in [0.2, 0.25) is 0 Å². The summed E-state index contributed by atoms with van der Waals surface area (Å²) in [5.74, 6) is 0. The van der Waals surface area contributed by atoms with Crippen LogP contribution in [-0.4, -0.2) is 6.29 Å². The van der Waals surface area contributed by atoms with Crippen molar-refractivity contribution in [1.29, 1.82) is 0 Å². The fourth-order valence-electron chi connectivity index (χ4n) is 1.93. The molecule has 0 atom stereocenters. The van der Waals surface area contributed by atoms with E-state index in [0.717, 1.165) is 23.8 Å². The Kier molecular flexibility index (Phi) is 2.55. The highest BCUT2D eigenvalue weighted by molar-refractivity contribution is 5.87. The van der Waals surface area contributed by atoms with Crippen molar-refractivity contribution in [2.75, 3.05) is 0 Å². The molecule has 0 N–H and O–H groups in total. The number of benzene rings is 1. The van der Waals surface area contributed by atoms with E-state index >= 15 is 0 Å². The van der Waals surface area contributed by atoms with Crippen molar-refractivity contribution in [3.8, 4) is 0 Å². The van der Waals surface area contributed by atoms with E-state index in [2.05, 4.69) is 19.9 Å². The van der Waals surface area contributed by atoms with Crippen LogP contribution in [0.25, 0.3) is 5.57 Å². The third-order valence-electron chi connectivity index (χ3n) is 2.95. The van der Waals surface area contributed by atoms with Gasteiger partial charge in [-0.1, -0.05) is 41.5 Å². The van der Waals surface area contributed by atoms with Crippen LogP contribution in [0, 0.1) is 0 Å². The first kappa shape index (κ1) is 9.91. The Morgan fingerprint density at radius 1 is 1.20 bits per heavy atom. The lowest BCUT2D eigenvalue weighted by molar-refractivity contribution is 0.112. The first-order valence-corrected chi connectivity index (χ1v) is 5.14. The van der Waals surface area contributed by atoms with Gasteiger partial charge < -0.3 is 0 Å². The average Bonchev–Trinajstić information content (AvgIpc) is 2.59. The number of allylic oxidation sites excluding steroid dienone is 4. The van der Waals surface area contributed by atoms with Crippen molar-refractivity contribution in [3.63, 3.8) is 0 Å². The predicted molar refractivity (Wildman–Crippen MR) is 62.8 cm³/mol. The zero-order valence-electron chi connectivity index (χ0n) is 9.08. The zero-order valence-corrected chi connectivity index (χ0v) is 9.08. The SMILES string of the molecule is CC1=C(C)CC(c2ccccc2C=O)=C1. The normalized spacial score (nSPS) is 15.5. The summed E-state index contributed by atoms with van der Waals surface area (Å²) in [6, 6.07) is 7.76. The van der Waals surface area contributed by atoms with Gasteiger partial charge in [0, 0.05) is 5.56 Å². The Balaban J connectivity index is 2.41. The molecule has 1 heteroatoms. The van der Waals surface area contributed by atoms with Gasteiger partial charge >= 0.3 is 0 Å². The highest BCUT2D eigenvalue weighted by Crippen LogP contribution is 2.32. The van der Waals surface area contributed by atoms with Crippen molar-refractivity contribution < 1.29 is 4.79 Å². The van der Waals surface area contributed by atoms with Crippen LogP contribution in [-0.2, 0) is 0 Å². The molecule has 0 spiro atoms.